The van der Waals surface area contributed by atoms with Gasteiger partial charge in [0.1, 0.15) is 5.75 Å². The summed E-state index contributed by atoms with van der Waals surface area (Å²) in [6.07, 6.45) is -0.999. The Morgan fingerprint density at radius 2 is 1.84 bits per heavy atom. The zero-order valence-corrected chi connectivity index (χ0v) is 11.8. The molecule has 0 saturated heterocycles. The van der Waals surface area contributed by atoms with Gasteiger partial charge in [-0.1, -0.05) is 26.0 Å². The number of aliphatic hydroxyl groups excluding tert-OH is 1. The molecule has 19 heavy (non-hydrogen) atoms. The minimum Gasteiger partial charge on any atom is -0.491 e. The zero-order valence-electron chi connectivity index (χ0n) is 11.8. The third-order valence-corrected chi connectivity index (χ3v) is 2.91. The lowest BCUT2D eigenvalue weighted by Gasteiger charge is -2.23. The summed E-state index contributed by atoms with van der Waals surface area (Å²) in [4.78, 5) is 11.2. The van der Waals surface area contributed by atoms with Gasteiger partial charge in [0.15, 0.2) is 0 Å². The highest BCUT2D eigenvalue weighted by molar-refractivity contribution is 5.71. The molecule has 0 aliphatic carbocycles. The number of carbonyl (C=O) groups is 1. The number of ether oxygens (including phenoxy) is 1. The Balaban J connectivity index is 2.98. The molecular weight excluding hydrogens is 244 g/mol. The Morgan fingerprint density at radius 3 is 2.32 bits per heavy atom. The first kappa shape index (κ1) is 15.5. The second-order valence-electron chi connectivity index (χ2n) is 5.29. The van der Waals surface area contributed by atoms with Crippen LogP contribution in [-0.2, 0) is 4.79 Å². The number of aliphatic carboxylic acids is 1. The van der Waals surface area contributed by atoms with E-state index in [1.54, 1.807) is 38.1 Å². The van der Waals surface area contributed by atoms with E-state index in [4.69, 9.17) is 4.74 Å². The summed E-state index contributed by atoms with van der Waals surface area (Å²) < 4.78 is 5.55. The molecule has 4 heteroatoms. The van der Waals surface area contributed by atoms with Crippen molar-refractivity contribution in [3.05, 3.63) is 29.8 Å². The molecule has 2 unspecified atom stereocenters. The quantitative estimate of drug-likeness (QED) is 0.831. The molecule has 0 aliphatic heterocycles. The summed E-state index contributed by atoms with van der Waals surface area (Å²) in [5.74, 6) is -1.33. The van der Waals surface area contributed by atoms with E-state index in [1.165, 1.54) is 0 Å². The van der Waals surface area contributed by atoms with Gasteiger partial charge in [0.25, 0.3) is 0 Å². The van der Waals surface area contributed by atoms with Crippen molar-refractivity contribution in [1.82, 2.24) is 0 Å². The third kappa shape index (κ3) is 4.24. The molecule has 1 rings (SSSR count). The molecule has 2 N–H and O–H groups in total. The highest BCUT2D eigenvalue weighted by Gasteiger charge is 2.30. The van der Waals surface area contributed by atoms with Crippen LogP contribution in [-0.4, -0.2) is 22.3 Å². The number of hydrogen-bond donors (Lipinski definition) is 2. The van der Waals surface area contributed by atoms with E-state index in [2.05, 4.69) is 0 Å². The van der Waals surface area contributed by atoms with Gasteiger partial charge >= 0.3 is 5.97 Å². The normalized spacial score (nSPS) is 14.5. The van der Waals surface area contributed by atoms with E-state index in [9.17, 15) is 15.0 Å². The molecule has 0 fully saturated rings. The van der Waals surface area contributed by atoms with Crippen LogP contribution in [0.1, 0.15) is 39.4 Å². The predicted octanol–water partition coefficient (Wildman–Crippen LogP) is 2.86. The number of hydrogen-bond acceptors (Lipinski definition) is 3. The van der Waals surface area contributed by atoms with Gasteiger partial charge in [-0.2, -0.15) is 0 Å². The zero-order chi connectivity index (χ0) is 14.6. The van der Waals surface area contributed by atoms with Crippen molar-refractivity contribution in [2.45, 2.75) is 39.9 Å². The van der Waals surface area contributed by atoms with E-state index >= 15 is 0 Å². The maximum Gasteiger partial charge on any atom is 0.309 e. The number of carboxylic acids is 1. The lowest BCUT2D eigenvalue weighted by atomic mass is 9.86. The lowest BCUT2D eigenvalue weighted by molar-refractivity contribution is -0.148. The molecule has 0 amide bonds. The van der Waals surface area contributed by atoms with Crippen LogP contribution in [0.5, 0.6) is 5.75 Å². The van der Waals surface area contributed by atoms with E-state index in [0.29, 0.717) is 11.3 Å². The van der Waals surface area contributed by atoms with Gasteiger partial charge in [-0.05, 0) is 37.5 Å². The second-order valence-corrected chi connectivity index (χ2v) is 5.29. The fraction of sp³-hybridized carbons (Fsp3) is 0.533. The van der Waals surface area contributed by atoms with Crippen LogP contribution in [0, 0.1) is 11.8 Å². The summed E-state index contributed by atoms with van der Waals surface area (Å²) in [7, 11) is 0. The van der Waals surface area contributed by atoms with Crippen molar-refractivity contribution in [2.24, 2.45) is 11.8 Å². The fourth-order valence-electron chi connectivity index (χ4n) is 2.04. The minimum absolute atomic E-state index is 0.0350. The van der Waals surface area contributed by atoms with Crippen LogP contribution < -0.4 is 4.74 Å². The average Bonchev–Trinajstić information content (AvgIpc) is 2.27. The van der Waals surface area contributed by atoms with E-state index in [1.807, 2.05) is 13.8 Å². The van der Waals surface area contributed by atoms with E-state index in [0.717, 1.165) is 0 Å². The Kier molecular flexibility index (Phi) is 5.36. The molecule has 0 bridgehead atoms. The minimum atomic E-state index is -1.03. The summed E-state index contributed by atoms with van der Waals surface area (Å²) in [5, 5.41) is 19.4. The molecule has 0 aromatic heterocycles. The highest BCUT2D eigenvalue weighted by Crippen LogP contribution is 2.30. The molecule has 0 aliphatic rings. The van der Waals surface area contributed by atoms with Crippen LogP contribution in [0.15, 0.2) is 24.3 Å². The van der Waals surface area contributed by atoms with Crippen molar-refractivity contribution in [3.8, 4) is 5.75 Å². The molecule has 1 aromatic carbocycles. The molecule has 0 radical (unpaired) electrons. The van der Waals surface area contributed by atoms with Gasteiger partial charge in [0.05, 0.1) is 18.1 Å². The fourth-order valence-corrected chi connectivity index (χ4v) is 2.04. The summed E-state index contributed by atoms with van der Waals surface area (Å²) in [5.41, 5.74) is 0.569. The molecule has 0 saturated carbocycles. The maximum atomic E-state index is 11.2. The van der Waals surface area contributed by atoms with Crippen LogP contribution >= 0.6 is 0 Å². The predicted molar refractivity (Wildman–Crippen MR) is 73.1 cm³/mol. The van der Waals surface area contributed by atoms with Gasteiger partial charge in [-0.3, -0.25) is 4.79 Å². The van der Waals surface area contributed by atoms with E-state index in [-0.39, 0.29) is 12.0 Å². The topological polar surface area (TPSA) is 66.8 Å². The number of carboxylic acid groups (broad SMARTS) is 1. The van der Waals surface area contributed by atoms with Crippen molar-refractivity contribution >= 4 is 5.97 Å². The molecule has 0 spiro atoms. The van der Waals surface area contributed by atoms with Gasteiger partial charge in [0.2, 0.25) is 0 Å². The number of aliphatic hydroxyl groups is 1. The Bertz CT molecular complexity index is 426. The van der Waals surface area contributed by atoms with Gasteiger partial charge in [0, 0.05) is 0 Å². The Labute approximate surface area is 114 Å². The SMILES string of the molecule is CC(C)Oc1cccc(C(O)C(C(=O)O)C(C)C)c1. The van der Waals surface area contributed by atoms with Crippen LogP contribution in [0.25, 0.3) is 0 Å². The molecule has 106 valence electrons. The van der Waals surface area contributed by atoms with Crippen LogP contribution in [0.4, 0.5) is 0 Å². The first-order valence-corrected chi connectivity index (χ1v) is 6.50. The van der Waals surface area contributed by atoms with Crippen molar-refractivity contribution in [1.29, 1.82) is 0 Å². The summed E-state index contributed by atoms with van der Waals surface area (Å²) >= 11 is 0. The van der Waals surface area contributed by atoms with Gasteiger partial charge in [-0.15, -0.1) is 0 Å². The average molecular weight is 266 g/mol. The summed E-state index contributed by atoms with van der Waals surface area (Å²) in [6.45, 7) is 7.40. The van der Waals surface area contributed by atoms with Gasteiger partial charge < -0.3 is 14.9 Å². The molecule has 1 aromatic rings. The molecule has 2 atom stereocenters. The first-order valence-electron chi connectivity index (χ1n) is 6.50. The number of rotatable bonds is 6. The van der Waals surface area contributed by atoms with Gasteiger partial charge in [-0.25, -0.2) is 0 Å². The van der Waals surface area contributed by atoms with Crippen LogP contribution in [0.3, 0.4) is 0 Å². The highest BCUT2D eigenvalue weighted by atomic mass is 16.5. The second kappa shape index (κ2) is 6.57. The van der Waals surface area contributed by atoms with Crippen molar-refractivity contribution in [2.75, 3.05) is 0 Å². The lowest BCUT2D eigenvalue weighted by Crippen LogP contribution is -2.27. The third-order valence-electron chi connectivity index (χ3n) is 2.91. The molecule has 4 nitrogen and oxygen atoms in total. The Morgan fingerprint density at radius 1 is 1.21 bits per heavy atom. The largest absolute Gasteiger partial charge is 0.491 e. The van der Waals surface area contributed by atoms with Crippen LogP contribution in [0.2, 0.25) is 0 Å². The smallest absolute Gasteiger partial charge is 0.309 e. The monoisotopic (exact) mass is 266 g/mol. The Hall–Kier alpha value is -1.55. The van der Waals surface area contributed by atoms with E-state index < -0.39 is 18.0 Å². The first-order chi connectivity index (χ1) is 8.82. The van der Waals surface area contributed by atoms with Crippen molar-refractivity contribution in [3.63, 3.8) is 0 Å². The standard InChI is InChI=1S/C15H22O4/c1-9(2)13(15(17)18)14(16)11-6-5-7-12(8-11)19-10(3)4/h5-10,13-14,16H,1-4H3,(H,17,18). The molecular formula is C15H22O4. The van der Waals surface area contributed by atoms with Crippen molar-refractivity contribution < 1.29 is 19.7 Å². The maximum absolute atomic E-state index is 11.2. The number of benzene rings is 1. The summed E-state index contributed by atoms with van der Waals surface area (Å²) in [6, 6.07) is 6.97. The molecule has 0 heterocycles.